The van der Waals surface area contributed by atoms with Crippen molar-refractivity contribution in [3.05, 3.63) is 0 Å². The molecule has 1 amide bonds. The summed E-state index contributed by atoms with van der Waals surface area (Å²) in [7, 11) is 1.74. The molecular weight excluding hydrogens is 134 g/mol. The third kappa shape index (κ3) is 1.27. The van der Waals surface area contributed by atoms with Gasteiger partial charge in [-0.25, -0.2) is 0 Å². The third-order valence-corrected chi connectivity index (χ3v) is 2.01. The Morgan fingerprint density at radius 2 is 2.22 bits per heavy atom. The summed E-state index contributed by atoms with van der Waals surface area (Å²) in [5, 5.41) is 0. The van der Waals surface area contributed by atoms with E-state index < -0.39 is 0 Å². The van der Waals surface area contributed by atoms with Gasteiger partial charge in [-0.1, -0.05) is 12.2 Å². The lowest BCUT2D eigenvalue weighted by atomic mass is 10.1. The Bertz CT molecular complexity index is 139. The van der Waals surface area contributed by atoms with E-state index in [0.717, 1.165) is 17.8 Å². The highest BCUT2D eigenvalue weighted by Crippen LogP contribution is 2.10. The highest BCUT2D eigenvalue weighted by Gasteiger charge is 2.17. The van der Waals surface area contributed by atoms with Crippen molar-refractivity contribution in [2.45, 2.75) is 19.3 Å². The van der Waals surface area contributed by atoms with Crippen LogP contribution in [0.15, 0.2) is 0 Å². The second-order valence-corrected chi connectivity index (χ2v) is 2.67. The maximum absolute atomic E-state index is 10.8. The predicted molar refractivity (Wildman–Crippen MR) is 39.2 cm³/mol. The fourth-order valence-electron chi connectivity index (χ4n) is 0.865. The van der Waals surface area contributed by atoms with Gasteiger partial charge in [-0.05, 0) is 12.8 Å². The summed E-state index contributed by atoms with van der Waals surface area (Å²) in [5.74, 6) is 0.159. The number of carbonyl (C=O) groups is 1. The fraction of sp³-hybridized carbons (Fsp3) is 0.667. The molecule has 0 N–H and O–H groups in total. The molecule has 0 saturated carbocycles. The lowest BCUT2D eigenvalue weighted by Crippen LogP contribution is -2.35. The first-order chi connectivity index (χ1) is 4.22. The van der Waals surface area contributed by atoms with Gasteiger partial charge in [-0.15, -0.1) is 0 Å². The van der Waals surface area contributed by atoms with Gasteiger partial charge in [0.15, 0.2) is 0 Å². The molecule has 0 atom stereocenters. The van der Waals surface area contributed by atoms with E-state index in [0.29, 0.717) is 6.42 Å². The normalized spacial score (nSPS) is 20.8. The van der Waals surface area contributed by atoms with Gasteiger partial charge in [0.05, 0.1) is 4.99 Å². The first-order valence-corrected chi connectivity index (χ1v) is 3.42. The van der Waals surface area contributed by atoms with Crippen LogP contribution in [0.3, 0.4) is 0 Å². The van der Waals surface area contributed by atoms with Crippen molar-refractivity contribution in [2.75, 3.05) is 7.05 Å². The Morgan fingerprint density at radius 3 is 2.67 bits per heavy atom. The zero-order chi connectivity index (χ0) is 6.85. The van der Waals surface area contributed by atoms with Crippen LogP contribution in [0.1, 0.15) is 19.3 Å². The standard InChI is InChI=1S/C6H9NOS/c1-7-5(8)3-2-4-6(7)9/h2-4H2,1H3. The molecule has 1 saturated heterocycles. The van der Waals surface area contributed by atoms with Gasteiger partial charge < -0.3 is 4.90 Å². The smallest absolute Gasteiger partial charge is 0.227 e. The van der Waals surface area contributed by atoms with Gasteiger partial charge >= 0.3 is 0 Å². The van der Waals surface area contributed by atoms with Crippen LogP contribution in [0, 0.1) is 0 Å². The molecule has 1 aliphatic heterocycles. The van der Waals surface area contributed by atoms with Crippen LogP contribution in [0.25, 0.3) is 0 Å². The molecule has 0 unspecified atom stereocenters. The second kappa shape index (κ2) is 2.43. The van der Waals surface area contributed by atoms with Gasteiger partial charge in [0.25, 0.3) is 0 Å². The summed E-state index contributed by atoms with van der Waals surface area (Å²) >= 11 is 4.91. The molecule has 0 aromatic carbocycles. The quantitative estimate of drug-likeness (QED) is 0.471. The average molecular weight is 143 g/mol. The minimum Gasteiger partial charge on any atom is -0.310 e. The molecule has 1 aliphatic rings. The Labute approximate surface area is 59.8 Å². The molecule has 1 heterocycles. The van der Waals surface area contributed by atoms with Crippen molar-refractivity contribution >= 4 is 23.1 Å². The van der Waals surface area contributed by atoms with Crippen molar-refractivity contribution in [1.82, 2.24) is 4.90 Å². The third-order valence-electron chi connectivity index (χ3n) is 1.53. The number of likely N-dealkylation sites (tertiary alicyclic amines) is 1. The summed E-state index contributed by atoms with van der Waals surface area (Å²) < 4.78 is 0. The Morgan fingerprint density at radius 1 is 1.56 bits per heavy atom. The largest absolute Gasteiger partial charge is 0.310 e. The fourth-order valence-corrected chi connectivity index (χ4v) is 1.11. The molecule has 3 heteroatoms. The summed E-state index contributed by atoms with van der Waals surface area (Å²) in [5.41, 5.74) is 0. The van der Waals surface area contributed by atoms with Crippen LogP contribution < -0.4 is 0 Å². The van der Waals surface area contributed by atoms with E-state index in [1.54, 1.807) is 11.9 Å². The monoisotopic (exact) mass is 143 g/mol. The number of carbonyl (C=O) groups excluding carboxylic acids is 1. The van der Waals surface area contributed by atoms with Crippen LogP contribution in [-0.2, 0) is 4.79 Å². The maximum atomic E-state index is 10.8. The highest BCUT2D eigenvalue weighted by atomic mass is 32.1. The van der Waals surface area contributed by atoms with E-state index in [4.69, 9.17) is 12.2 Å². The summed E-state index contributed by atoms with van der Waals surface area (Å²) in [6, 6.07) is 0. The number of nitrogens with zero attached hydrogens (tertiary/aromatic N) is 1. The minimum atomic E-state index is 0.159. The molecule has 0 aromatic rings. The lowest BCUT2D eigenvalue weighted by molar-refractivity contribution is -0.127. The average Bonchev–Trinajstić information content (AvgIpc) is 1.83. The van der Waals surface area contributed by atoms with E-state index >= 15 is 0 Å². The molecule has 50 valence electrons. The summed E-state index contributed by atoms with van der Waals surface area (Å²) in [4.78, 5) is 13.2. The first-order valence-electron chi connectivity index (χ1n) is 3.01. The van der Waals surface area contributed by atoms with Crippen LogP contribution >= 0.6 is 12.2 Å². The number of amides is 1. The molecule has 0 aromatic heterocycles. The van der Waals surface area contributed by atoms with Gasteiger partial charge in [-0.2, -0.15) is 0 Å². The Kier molecular flexibility index (Phi) is 1.81. The second-order valence-electron chi connectivity index (χ2n) is 2.20. The zero-order valence-corrected chi connectivity index (χ0v) is 6.20. The van der Waals surface area contributed by atoms with Gasteiger partial charge in [-0.3, -0.25) is 4.79 Å². The summed E-state index contributed by atoms with van der Waals surface area (Å²) in [6.07, 6.45) is 2.50. The SMILES string of the molecule is CN1C(=O)CCCC1=S. The van der Waals surface area contributed by atoms with Crippen LogP contribution in [0.2, 0.25) is 0 Å². The maximum Gasteiger partial charge on any atom is 0.227 e. The number of piperidine rings is 1. The molecule has 0 bridgehead atoms. The number of thiocarbonyl (C=S) groups is 1. The Hall–Kier alpha value is -0.440. The Balaban J connectivity index is 2.62. The number of hydrogen-bond acceptors (Lipinski definition) is 2. The highest BCUT2D eigenvalue weighted by molar-refractivity contribution is 7.80. The van der Waals surface area contributed by atoms with Crippen LogP contribution in [0.5, 0.6) is 0 Å². The van der Waals surface area contributed by atoms with Gasteiger partial charge in [0.1, 0.15) is 0 Å². The molecule has 1 fully saturated rings. The lowest BCUT2D eigenvalue weighted by Gasteiger charge is -2.22. The van der Waals surface area contributed by atoms with Crippen LogP contribution in [0.4, 0.5) is 0 Å². The topological polar surface area (TPSA) is 20.3 Å². The van der Waals surface area contributed by atoms with E-state index in [9.17, 15) is 4.79 Å². The van der Waals surface area contributed by atoms with E-state index in [1.165, 1.54) is 0 Å². The van der Waals surface area contributed by atoms with E-state index in [1.807, 2.05) is 0 Å². The summed E-state index contributed by atoms with van der Waals surface area (Å²) in [6.45, 7) is 0. The predicted octanol–water partition coefficient (Wildman–Crippen LogP) is 0.956. The molecule has 0 aliphatic carbocycles. The minimum absolute atomic E-state index is 0.159. The van der Waals surface area contributed by atoms with Crippen molar-refractivity contribution in [1.29, 1.82) is 0 Å². The van der Waals surface area contributed by atoms with Gasteiger partial charge in [0.2, 0.25) is 5.91 Å². The molecule has 1 rings (SSSR count). The molecular formula is C6H9NOS. The molecule has 2 nitrogen and oxygen atoms in total. The number of rotatable bonds is 0. The molecule has 0 radical (unpaired) electrons. The molecule has 0 spiro atoms. The van der Waals surface area contributed by atoms with Crippen molar-refractivity contribution in [3.63, 3.8) is 0 Å². The van der Waals surface area contributed by atoms with Crippen LogP contribution in [-0.4, -0.2) is 22.8 Å². The van der Waals surface area contributed by atoms with Crippen molar-refractivity contribution < 1.29 is 4.79 Å². The van der Waals surface area contributed by atoms with Gasteiger partial charge in [0, 0.05) is 13.5 Å². The zero-order valence-electron chi connectivity index (χ0n) is 5.39. The van der Waals surface area contributed by atoms with Crippen molar-refractivity contribution in [2.24, 2.45) is 0 Å². The molecule has 9 heavy (non-hydrogen) atoms. The van der Waals surface area contributed by atoms with E-state index in [2.05, 4.69) is 0 Å². The first kappa shape index (κ1) is 6.68. The van der Waals surface area contributed by atoms with E-state index in [-0.39, 0.29) is 5.91 Å². The number of hydrogen-bond donors (Lipinski definition) is 0. The van der Waals surface area contributed by atoms with Crippen molar-refractivity contribution in [3.8, 4) is 0 Å².